The summed E-state index contributed by atoms with van der Waals surface area (Å²) in [6.07, 6.45) is 1.47. The van der Waals surface area contributed by atoms with E-state index >= 15 is 0 Å². The lowest BCUT2D eigenvalue weighted by Gasteiger charge is -2.18. The summed E-state index contributed by atoms with van der Waals surface area (Å²) in [7, 11) is 0. The molecule has 2 aromatic rings. The van der Waals surface area contributed by atoms with Gasteiger partial charge in [0.25, 0.3) is 0 Å². The predicted octanol–water partition coefficient (Wildman–Crippen LogP) is 2.04. The van der Waals surface area contributed by atoms with Gasteiger partial charge in [-0.15, -0.1) is 0 Å². The van der Waals surface area contributed by atoms with Crippen molar-refractivity contribution < 1.29 is 14.6 Å². The second-order valence-electron chi connectivity index (χ2n) is 5.05. The lowest BCUT2D eigenvalue weighted by molar-refractivity contribution is 0.0523. The highest BCUT2D eigenvalue weighted by atomic mass is 16.5. The van der Waals surface area contributed by atoms with E-state index in [1.807, 2.05) is 26.0 Å². The first kappa shape index (κ1) is 15.3. The van der Waals surface area contributed by atoms with Crippen LogP contribution in [0.3, 0.4) is 0 Å². The number of aliphatic hydroxyl groups excluding tert-OH is 1. The van der Waals surface area contributed by atoms with Gasteiger partial charge in [0.1, 0.15) is 5.56 Å². The number of pyridine rings is 1. The van der Waals surface area contributed by atoms with E-state index in [0.717, 1.165) is 5.56 Å². The minimum absolute atomic E-state index is 0.00440. The molecule has 1 atom stereocenters. The van der Waals surface area contributed by atoms with Crippen molar-refractivity contribution in [3.63, 3.8) is 0 Å². The van der Waals surface area contributed by atoms with E-state index < -0.39 is 5.97 Å². The number of aryl methyl sites for hydroxylation is 1. The lowest BCUT2D eigenvalue weighted by Crippen LogP contribution is -2.23. The maximum Gasteiger partial charge on any atom is 0.343 e. The number of esters is 1. The molecule has 0 unspecified atom stereocenters. The van der Waals surface area contributed by atoms with E-state index in [1.165, 1.54) is 6.20 Å². The standard InChI is InChI=1S/C16H19NO4/c1-4-21-16(20)13-8-17(11(3)9-18)14-6-5-10(2)7-12(14)15(13)19/h5-8,11,18H,4,9H2,1-3H3/t11-/m0/s1. The minimum atomic E-state index is -0.634. The van der Waals surface area contributed by atoms with Gasteiger partial charge in [0.2, 0.25) is 5.43 Å². The number of ether oxygens (including phenoxy) is 1. The Balaban J connectivity index is 2.79. The third-order valence-electron chi connectivity index (χ3n) is 3.42. The summed E-state index contributed by atoms with van der Waals surface area (Å²) in [5.74, 6) is -0.634. The zero-order chi connectivity index (χ0) is 15.6. The Kier molecular flexibility index (Phi) is 4.43. The highest BCUT2D eigenvalue weighted by Gasteiger charge is 2.18. The molecule has 0 fully saturated rings. The molecular formula is C16H19NO4. The van der Waals surface area contributed by atoms with Crippen molar-refractivity contribution in [1.29, 1.82) is 0 Å². The Morgan fingerprint density at radius 2 is 2.14 bits per heavy atom. The van der Waals surface area contributed by atoms with Crippen molar-refractivity contribution in [2.24, 2.45) is 0 Å². The van der Waals surface area contributed by atoms with Crippen LogP contribution in [0.4, 0.5) is 0 Å². The van der Waals surface area contributed by atoms with E-state index in [4.69, 9.17) is 4.74 Å². The minimum Gasteiger partial charge on any atom is -0.462 e. The van der Waals surface area contributed by atoms with Crippen LogP contribution in [0.25, 0.3) is 10.9 Å². The van der Waals surface area contributed by atoms with Crippen LogP contribution in [-0.4, -0.2) is 28.9 Å². The molecule has 0 aliphatic rings. The Morgan fingerprint density at radius 3 is 2.76 bits per heavy atom. The van der Waals surface area contributed by atoms with Gasteiger partial charge in [-0.05, 0) is 32.9 Å². The molecule has 1 aromatic heterocycles. The topological polar surface area (TPSA) is 68.5 Å². The SMILES string of the molecule is CCOC(=O)c1cn([C@@H](C)CO)c2ccc(C)cc2c1=O. The van der Waals surface area contributed by atoms with Gasteiger partial charge in [-0.2, -0.15) is 0 Å². The van der Waals surface area contributed by atoms with E-state index in [9.17, 15) is 14.7 Å². The smallest absolute Gasteiger partial charge is 0.343 e. The molecule has 0 saturated carbocycles. The molecule has 1 aromatic carbocycles. The van der Waals surface area contributed by atoms with Gasteiger partial charge >= 0.3 is 5.97 Å². The third-order valence-corrected chi connectivity index (χ3v) is 3.42. The molecule has 2 rings (SSSR count). The number of nitrogens with zero attached hydrogens (tertiary/aromatic N) is 1. The maximum atomic E-state index is 12.5. The molecule has 21 heavy (non-hydrogen) atoms. The summed E-state index contributed by atoms with van der Waals surface area (Å²) in [6, 6.07) is 5.23. The molecule has 1 heterocycles. The fourth-order valence-electron chi connectivity index (χ4n) is 2.28. The normalized spacial score (nSPS) is 12.4. The van der Waals surface area contributed by atoms with Crippen molar-refractivity contribution in [2.75, 3.05) is 13.2 Å². The second-order valence-corrected chi connectivity index (χ2v) is 5.05. The zero-order valence-corrected chi connectivity index (χ0v) is 12.4. The average Bonchev–Trinajstić information content (AvgIpc) is 2.47. The summed E-state index contributed by atoms with van der Waals surface area (Å²) < 4.78 is 6.68. The van der Waals surface area contributed by atoms with Gasteiger partial charge in [0, 0.05) is 11.6 Å². The van der Waals surface area contributed by atoms with Crippen molar-refractivity contribution in [3.05, 3.63) is 45.7 Å². The second kappa shape index (κ2) is 6.10. The van der Waals surface area contributed by atoms with Crippen LogP contribution in [-0.2, 0) is 4.74 Å². The number of carbonyl (C=O) groups is 1. The monoisotopic (exact) mass is 289 g/mol. The molecule has 0 saturated heterocycles. The summed E-state index contributed by atoms with van der Waals surface area (Å²) in [5.41, 5.74) is 1.28. The molecule has 1 N–H and O–H groups in total. The maximum absolute atomic E-state index is 12.5. The first-order chi connectivity index (χ1) is 9.99. The molecule has 0 aliphatic carbocycles. The summed E-state index contributed by atoms with van der Waals surface area (Å²) >= 11 is 0. The molecule has 0 amide bonds. The molecule has 5 heteroatoms. The van der Waals surface area contributed by atoms with Crippen LogP contribution in [0.2, 0.25) is 0 Å². The molecule has 0 spiro atoms. The van der Waals surface area contributed by atoms with Crippen LogP contribution in [0, 0.1) is 6.92 Å². The number of rotatable bonds is 4. The van der Waals surface area contributed by atoms with Crippen molar-refractivity contribution >= 4 is 16.9 Å². The van der Waals surface area contributed by atoms with Crippen LogP contribution >= 0.6 is 0 Å². The fraction of sp³-hybridized carbons (Fsp3) is 0.375. The van der Waals surface area contributed by atoms with Gasteiger partial charge in [-0.25, -0.2) is 4.79 Å². The van der Waals surface area contributed by atoms with E-state index in [-0.39, 0.29) is 30.2 Å². The van der Waals surface area contributed by atoms with Crippen molar-refractivity contribution in [3.8, 4) is 0 Å². The number of benzene rings is 1. The van der Waals surface area contributed by atoms with Gasteiger partial charge in [-0.1, -0.05) is 11.6 Å². The highest BCUT2D eigenvalue weighted by molar-refractivity contribution is 5.94. The molecule has 112 valence electrons. The van der Waals surface area contributed by atoms with Gasteiger partial charge in [0.15, 0.2) is 0 Å². The fourth-order valence-corrected chi connectivity index (χ4v) is 2.28. The van der Waals surface area contributed by atoms with Crippen LogP contribution < -0.4 is 5.43 Å². The van der Waals surface area contributed by atoms with E-state index in [1.54, 1.807) is 17.6 Å². The van der Waals surface area contributed by atoms with E-state index in [2.05, 4.69) is 0 Å². The molecular weight excluding hydrogens is 270 g/mol. The molecule has 0 radical (unpaired) electrons. The first-order valence-corrected chi connectivity index (χ1v) is 6.93. The summed E-state index contributed by atoms with van der Waals surface area (Å²) in [6.45, 7) is 5.51. The Bertz CT molecular complexity index is 733. The quantitative estimate of drug-likeness (QED) is 0.875. The summed E-state index contributed by atoms with van der Waals surface area (Å²) in [5, 5.41) is 9.85. The van der Waals surface area contributed by atoms with Gasteiger partial charge in [0.05, 0.1) is 24.8 Å². The first-order valence-electron chi connectivity index (χ1n) is 6.93. The largest absolute Gasteiger partial charge is 0.462 e. The number of aromatic nitrogens is 1. The Hall–Kier alpha value is -2.14. The van der Waals surface area contributed by atoms with Gasteiger partial charge < -0.3 is 14.4 Å². The third kappa shape index (κ3) is 2.83. The van der Waals surface area contributed by atoms with Crippen molar-refractivity contribution in [2.45, 2.75) is 26.8 Å². The number of hydrogen-bond donors (Lipinski definition) is 1. The van der Waals surface area contributed by atoms with Crippen LogP contribution in [0.5, 0.6) is 0 Å². The highest BCUT2D eigenvalue weighted by Crippen LogP contribution is 2.18. The number of carbonyl (C=O) groups excluding carboxylic acids is 1. The molecule has 0 bridgehead atoms. The summed E-state index contributed by atoms with van der Waals surface area (Å²) in [4.78, 5) is 24.4. The number of hydrogen-bond acceptors (Lipinski definition) is 4. The van der Waals surface area contributed by atoms with Crippen LogP contribution in [0.15, 0.2) is 29.2 Å². The number of aliphatic hydroxyl groups is 1. The average molecular weight is 289 g/mol. The zero-order valence-electron chi connectivity index (χ0n) is 12.4. The van der Waals surface area contributed by atoms with E-state index in [0.29, 0.717) is 10.9 Å². The van der Waals surface area contributed by atoms with Crippen LogP contribution in [0.1, 0.15) is 35.8 Å². The Labute approximate surface area is 122 Å². The van der Waals surface area contributed by atoms with Crippen molar-refractivity contribution in [1.82, 2.24) is 4.57 Å². The molecule has 5 nitrogen and oxygen atoms in total. The number of fused-ring (bicyclic) bond motifs is 1. The lowest BCUT2D eigenvalue weighted by atomic mass is 10.1. The Morgan fingerprint density at radius 1 is 1.43 bits per heavy atom. The molecule has 0 aliphatic heterocycles. The van der Waals surface area contributed by atoms with Gasteiger partial charge in [-0.3, -0.25) is 4.79 Å². The predicted molar refractivity (Wildman–Crippen MR) is 80.7 cm³/mol.